The van der Waals surface area contributed by atoms with Crippen LogP contribution in [-0.4, -0.2) is 28.9 Å². The maximum absolute atomic E-state index is 12.7. The maximum atomic E-state index is 12.7. The Kier molecular flexibility index (Phi) is 4.96. The lowest BCUT2D eigenvalue weighted by Gasteiger charge is -2.25. The minimum Gasteiger partial charge on any atom is -0.480 e. The van der Waals surface area contributed by atoms with Gasteiger partial charge < -0.3 is 10.4 Å². The molecule has 0 saturated carbocycles. The summed E-state index contributed by atoms with van der Waals surface area (Å²) in [6.45, 7) is 4.10. The number of nitrogens with one attached hydrogen (secondary N) is 1. The van der Waals surface area contributed by atoms with Crippen LogP contribution in [0.2, 0.25) is 0 Å². The molecule has 1 atom stereocenters. The lowest BCUT2D eigenvalue weighted by molar-refractivity contribution is -0.143. The highest BCUT2D eigenvalue weighted by atomic mass is 32.2. The molecular weight excluding hydrogens is 241 g/mol. The Morgan fingerprint density at radius 2 is 2.06 bits per heavy atom. The quantitative estimate of drug-likeness (QED) is 0.768. The van der Waals surface area contributed by atoms with E-state index < -0.39 is 11.5 Å². The van der Waals surface area contributed by atoms with Gasteiger partial charge in [-0.3, -0.25) is 4.79 Å². The van der Waals surface area contributed by atoms with Gasteiger partial charge in [0.2, 0.25) is 0 Å². The molecule has 1 aromatic carbocycles. The van der Waals surface area contributed by atoms with Crippen molar-refractivity contribution >= 4 is 17.7 Å². The van der Waals surface area contributed by atoms with Crippen LogP contribution in [0.1, 0.15) is 13.8 Å². The van der Waals surface area contributed by atoms with Crippen LogP contribution in [-0.2, 0) is 4.79 Å². The fourth-order valence-corrected chi connectivity index (χ4v) is 2.35. The van der Waals surface area contributed by atoms with Crippen molar-refractivity contribution in [2.75, 3.05) is 12.3 Å². The zero-order valence-corrected chi connectivity index (χ0v) is 10.7. The van der Waals surface area contributed by atoms with Crippen molar-refractivity contribution in [2.24, 2.45) is 0 Å². The van der Waals surface area contributed by atoms with Crippen LogP contribution in [0.25, 0.3) is 0 Å². The average Bonchev–Trinajstić information content (AvgIpc) is 2.28. The number of rotatable bonds is 6. The van der Waals surface area contributed by atoms with Gasteiger partial charge >= 0.3 is 5.97 Å². The van der Waals surface area contributed by atoms with E-state index in [2.05, 4.69) is 5.32 Å². The normalized spacial score (nSPS) is 14.3. The number of carboxylic acid groups (broad SMARTS) is 1. The van der Waals surface area contributed by atoms with Gasteiger partial charge in [-0.1, -0.05) is 6.92 Å². The molecule has 0 aliphatic carbocycles. The van der Waals surface area contributed by atoms with Gasteiger partial charge in [0, 0.05) is 10.6 Å². The molecule has 1 rings (SSSR count). The van der Waals surface area contributed by atoms with Gasteiger partial charge in [0.05, 0.1) is 0 Å². The van der Waals surface area contributed by atoms with Gasteiger partial charge in [-0.05, 0) is 37.7 Å². The molecular formula is C12H16FNO2S. The van der Waals surface area contributed by atoms with Crippen molar-refractivity contribution < 1.29 is 14.3 Å². The Balaban J connectivity index is 2.64. The fourth-order valence-electron chi connectivity index (χ4n) is 1.34. The third-order valence-electron chi connectivity index (χ3n) is 2.38. The first-order valence-electron chi connectivity index (χ1n) is 5.35. The topological polar surface area (TPSA) is 49.3 Å². The molecule has 0 saturated heterocycles. The summed E-state index contributed by atoms with van der Waals surface area (Å²) < 4.78 is 12.7. The van der Waals surface area contributed by atoms with Crippen molar-refractivity contribution in [3.05, 3.63) is 30.1 Å². The molecule has 1 unspecified atom stereocenters. The van der Waals surface area contributed by atoms with Crippen molar-refractivity contribution in [3.8, 4) is 0 Å². The van der Waals surface area contributed by atoms with E-state index in [1.54, 1.807) is 19.1 Å². The van der Waals surface area contributed by atoms with Crippen LogP contribution >= 0.6 is 11.8 Å². The minimum atomic E-state index is -0.964. The van der Waals surface area contributed by atoms with E-state index in [0.717, 1.165) is 4.90 Å². The number of hydrogen-bond acceptors (Lipinski definition) is 3. The number of thioether (sulfide) groups is 1. The van der Waals surface area contributed by atoms with Gasteiger partial charge in [0.15, 0.2) is 0 Å². The first kappa shape index (κ1) is 14.0. The summed E-state index contributed by atoms with van der Waals surface area (Å²) in [4.78, 5) is 12.0. The summed E-state index contributed by atoms with van der Waals surface area (Å²) >= 11 is 1.39. The van der Waals surface area contributed by atoms with E-state index >= 15 is 0 Å². The van der Waals surface area contributed by atoms with E-state index in [9.17, 15) is 9.18 Å². The minimum absolute atomic E-state index is 0.290. The lowest BCUT2D eigenvalue weighted by atomic mass is 10.1. The molecule has 0 spiro atoms. The number of halogens is 1. The zero-order chi connectivity index (χ0) is 12.9. The molecule has 5 heteroatoms. The predicted molar refractivity (Wildman–Crippen MR) is 66.8 cm³/mol. The molecule has 0 amide bonds. The summed E-state index contributed by atoms with van der Waals surface area (Å²) in [5.74, 6) is -0.780. The first-order chi connectivity index (χ1) is 7.98. The number of hydrogen-bond donors (Lipinski definition) is 2. The van der Waals surface area contributed by atoms with Gasteiger partial charge in [-0.15, -0.1) is 11.8 Å². The van der Waals surface area contributed by atoms with Crippen LogP contribution in [0.3, 0.4) is 0 Å². The second-order valence-corrected chi connectivity index (χ2v) is 4.96. The van der Waals surface area contributed by atoms with E-state index in [4.69, 9.17) is 5.11 Å². The second-order valence-electron chi connectivity index (χ2n) is 3.91. The number of likely N-dealkylation sites (N-methyl/N-ethyl adjacent to an activating group) is 1. The summed E-state index contributed by atoms with van der Waals surface area (Å²) in [6.07, 6.45) is 0. The van der Waals surface area contributed by atoms with Crippen LogP contribution in [0, 0.1) is 5.82 Å². The molecule has 0 fully saturated rings. The largest absolute Gasteiger partial charge is 0.480 e. The van der Waals surface area contributed by atoms with Crippen molar-refractivity contribution in [2.45, 2.75) is 24.3 Å². The van der Waals surface area contributed by atoms with Crippen molar-refractivity contribution in [3.63, 3.8) is 0 Å². The highest BCUT2D eigenvalue weighted by Gasteiger charge is 2.31. The molecule has 0 aliphatic rings. The van der Waals surface area contributed by atoms with E-state index in [-0.39, 0.29) is 5.82 Å². The molecule has 94 valence electrons. The Labute approximate surface area is 104 Å². The van der Waals surface area contributed by atoms with Crippen LogP contribution < -0.4 is 5.32 Å². The molecule has 3 nitrogen and oxygen atoms in total. The molecule has 0 radical (unpaired) electrons. The summed E-state index contributed by atoms with van der Waals surface area (Å²) in [5.41, 5.74) is -0.964. The average molecular weight is 257 g/mol. The molecule has 0 heterocycles. The van der Waals surface area contributed by atoms with Gasteiger partial charge in [-0.25, -0.2) is 4.39 Å². The van der Waals surface area contributed by atoms with Crippen LogP contribution in [0.15, 0.2) is 29.2 Å². The first-order valence-corrected chi connectivity index (χ1v) is 6.33. The van der Waals surface area contributed by atoms with E-state index in [0.29, 0.717) is 12.3 Å². The predicted octanol–water partition coefficient (Wildman–Crippen LogP) is 2.37. The number of benzene rings is 1. The fraction of sp³-hybridized carbons (Fsp3) is 0.417. The van der Waals surface area contributed by atoms with Crippen molar-refractivity contribution in [1.29, 1.82) is 0 Å². The van der Waals surface area contributed by atoms with E-state index in [1.165, 1.54) is 23.9 Å². The molecule has 17 heavy (non-hydrogen) atoms. The highest BCUT2D eigenvalue weighted by Crippen LogP contribution is 2.23. The Hall–Kier alpha value is -1.07. The van der Waals surface area contributed by atoms with Gasteiger partial charge in [0.25, 0.3) is 0 Å². The standard InChI is InChI=1S/C12H16FNO2S/c1-3-14-12(2,11(15)16)8-17-10-6-4-9(13)5-7-10/h4-7,14H,3,8H2,1-2H3,(H,15,16). The smallest absolute Gasteiger partial charge is 0.324 e. The SMILES string of the molecule is CCNC(C)(CSc1ccc(F)cc1)C(=O)O. The lowest BCUT2D eigenvalue weighted by Crippen LogP contribution is -2.51. The van der Waals surface area contributed by atoms with Crippen molar-refractivity contribution in [1.82, 2.24) is 5.32 Å². The molecule has 2 N–H and O–H groups in total. The molecule has 0 aliphatic heterocycles. The zero-order valence-electron chi connectivity index (χ0n) is 9.87. The summed E-state index contributed by atoms with van der Waals surface area (Å²) in [6, 6.07) is 6.03. The Bertz CT molecular complexity index is 383. The van der Waals surface area contributed by atoms with Crippen LogP contribution in [0.4, 0.5) is 4.39 Å². The molecule has 1 aromatic rings. The number of carboxylic acids is 1. The molecule has 0 aromatic heterocycles. The monoisotopic (exact) mass is 257 g/mol. The van der Waals surface area contributed by atoms with Gasteiger partial charge in [-0.2, -0.15) is 0 Å². The highest BCUT2D eigenvalue weighted by molar-refractivity contribution is 7.99. The molecule has 0 bridgehead atoms. The third kappa shape index (κ3) is 4.02. The Morgan fingerprint density at radius 1 is 1.47 bits per heavy atom. The number of aliphatic carboxylic acids is 1. The maximum Gasteiger partial charge on any atom is 0.324 e. The van der Waals surface area contributed by atoms with Gasteiger partial charge in [0.1, 0.15) is 11.4 Å². The second kappa shape index (κ2) is 6.02. The summed E-state index contributed by atoms with van der Waals surface area (Å²) in [7, 11) is 0. The number of carbonyl (C=O) groups is 1. The third-order valence-corrected chi connectivity index (χ3v) is 3.71. The Morgan fingerprint density at radius 3 is 2.53 bits per heavy atom. The summed E-state index contributed by atoms with van der Waals surface area (Å²) in [5, 5.41) is 12.1. The van der Waals surface area contributed by atoms with E-state index in [1.807, 2.05) is 6.92 Å². The van der Waals surface area contributed by atoms with Crippen LogP contribution in [0.5, 0.6) is 0 Å².